The van der Waals surface area contributed by atoms with Crippen molar-refractivity contribution in [1.29, 1.82) is 0 Å². The minimum atomic E-state index is -3.46. The first-order valence-corrected chi connectivity index (χ1v) is 9.42. The van der Waals surface area contributed by atoms with Crippen LogP contribution in [0.15, 0.2) is 47.4 Å². The molecule has 0 spiro atoms. The third-order valence-electron chi connectivity index (χ3n) is 3.33. The molecule has 0 saturated heterocycles. The van der Waals surface area contributed by atoms with E-state index < -0.39 is 27.8 Å². The third-order valence-corrected chi connectivity index (χ3v) is 4.77. The lowest BCUT2D eigenvalue weighted by Crippen LogP contribution is -2.32. The van der Waals surface area contributed by atoms with E-state index >= 15 is 0 Å². The fourth-order valence-electron chi connectivity index (χ4n) is 2.04. The van der Waals surface area contributed by atoms with Crippen LogP contribution >= 0.6 is 11.6 Å². The Hall–Kier alpha value is -2.16. The summed E-state index contributed by atoms with van der Waals surface area (Å²) >= 11 is 5.93. The Morgan fingerprint density at radius 1 is 1.28 bits per heavy atom. The van der Waals surface area contributed by atoms with Gasteiger partial charge in [0.25, 0.3) is 0 Å². The highest BCUT2D eigenvalue weighted by molar-refractivity contribution is 7.90. The van der Waals surface area contributed by atoms with Gasteiger partial charge < -0.3 is 15.7 Å². The zero-order valence-electron chi connectivity index (χ0n) is 13.2. The Kier molecular flexibility index (Phi) is 5.99. The number of aliphatic hydroxyl groups is 1. The van der Waals surface area contributed by atoms with Crippen molar-refractivity contribution in [3.8, 4) is 0 Å². The highest BCUT2D eigenvalue weighted by Gasteiger charge is 2.15. The van der Waals surface area contributed by atoms with Gasteiger partial charge in [-0.1, -0.05) is 29.8 Å². The summed E-state index contributed by atoms with van der Waals surface area (Å²) in [4.78, 5) is 11.9. The number of hydrogen-bond acceptors (Lipinski definition) is 4. The summed E-state index contributed by atoms with van der Waals surface area (Å²) in [5.74, 6) is -0.582. The van der Waals surface area contributed by atoms with E-state index in [9.17, 15) is 22.7 Å². The Bertz CT molecular complexity index is 889. The highest BCUT2D eigenvalue weighted by atomic mass is 35.5. The van der Waals surface area contributed by atoms with Gasteiger partial charge in [0.05, 0.1) is 21.7 Å². The maximum absolute atomic E-state index is 13.6. The zero-order valence-corrected chi connectivity index (χ0v) is 14.7. The van der Waals surface area contributed by atoms with Gasteiger partial charge in [-0.15, -0.1) is 0 Å². The number of rotatable bonds is 5. The standard InChI is InChI=1S/C16H16ClFN2O4S/c1-25(23,24)10-6-7-12(17)14(8-10)20-16(22)19-9-15(21)11-4-2-3-5-13(11)18/h2-8,15,21H,9H2,1H3,(H2,19,20,22)/t15-/m1/s1. The molecule has 25 heavy (non-hydrogen) atoms. The fourth-order valence-corrected chi connectivity index (χ4v) is 2.85. The number of nitrogens with one attached hydrogen (secondary N) is 2. The molecule has 9 heteroatoms. The van der Waals surface area contributed by atoms with Crippen molar-refractivity contribution >= 4 is 33.2 Å². The van der Waals surface area contributed by atoms with Crippen LogP contribution in [0.25, 0.3) is 0 Å². The molecule has 2 rings (SSSR count). The summed E-state index contributed by atoms with van der Waals surface area (Å²) in [7, 11) is -3.46. The number of amides is 2. The first kappa shape index (κ1) is 19.2. The number of hydrogen-bond donors (Lipinski definition) is 3. The first-order chi connectivity index (χ1) is 11.7. The maximum Gasteiger partial charge on any atom is 0.319 e. The number of halogens is 2. The predicted octanol–water partition coefficient (Wildman–Crippen LogP) is 2.74. The summed E-state index contributed by atoms with van der Waals surface area (Å²) in [5.41, 5.74) is 0.155. The van der Waals surface area contributed by atoms with Crippen LogP contribution in [-0.4, -0.2) is 32.4 Å². The van der Waals surface area contributed by atoms with E-state index in [0.29, 0.717) is 0 Å². The van der Waals surface area contributed by atoms with Gasteiger partial charge in [0.1, 0.15) is 5.82 Å². The SMILES string of the molecule is CS(=O)(=O)c1ccc(Cl)c(NC(=O)NC[C@@H](O)c2ccccc2F)c1. The van der Waals surface area contributed by atoms with Crippen LogP contribution < -0.4 is 10.6 Å². The normalized spacial score (nSPS) is 12.5. The lowest BCUT2D eigenvalue weighted by atomic mass is 10.1. The number of sulfone groups is 1. The van der Waals surface area contributed by atoms with E-state index in [1.165, 1.54) is 36.4 Å². The number of carbonyl (C=O) groups is 1. The molecule has 0 fully saturated rings. The van der Waals surface area contributed by atoms with Gasteiger partial charge in [0.15, 0.2) is 9.84 Å². The van der Waals surface area contributed by atoms with E-state index in [4.69, 9.17) is 11.6 Å². The van der Waals surface area contributed by atoms with E-state index in [0.717, 1.165) is 6.26 Å². The first-order valence-electron chi connectivity index (χ1n) is 7.15. The van der Waals surface area contributed by atoms with Gasteiger partial charge in [0, 0.05) is 18.4 Å². The Morgan fingerprint density at radius 2 is 1.96 bits per heavy atom. The second-order valence-electron chi connectivity index (χ2n) is 5.29. The van der Waals surface area contributed by atoms with E-state index in [2.05, 4.69) is 10.6 Å². The molecule has 0 unspecified atom stereocenters. The number of anilines is 1. The lowest BCUT2D eigenvalue weighted by Gasteiger charge is -2.14. The quantitative estimate of drug-likeness (QED) is 0.736. The van der Waals surface area contributed by atoms with Gasteiger partial charge in [-0.3, -0.25) is 0 Å². The van der Waals surface area contributed by atoms with Crippen molar-refractivity contribution in [1.82, 2.24) is 5.32 Å². The topological polar surface area (TPSA) is 95.5 Å². The molecule has 134 valence electrons. The smallest absolute Gasteiger partial charge is 0.319 e. The van der Waals surface area contributed by atoms with Gasteiger partial charge in [0.2, 0.25) is 0 Å². The average Bonchev–Trinajstić information content (AvgIpc) is 2.54. The van der Waals surface area contributed by atoms with Gasteiger partial charge in [-0.2, -0.15) is 0 Å². The fraction of sp³-hybridized carbons (Fsp3) is 0.188. The summed E-state index contributed by atoms with van der Waals surface area (Å²) < 4.78 is 36.6. The molecule has 0 aromatic heterocycles. The monoisotopic (exact) mass is 386 g/mol. The van der Waals surface area contributed by atoms with Crippen LogP contribution in [0.1, 0.15) is 11.7 Å². The van der Waals surface area contributed by atoms with Crippen molar-refractivity contribution in [2.75, 3.05) is 18.1 Å². The van der Waals surface area contributed by atoms with E-state index in [-0.39, 0.29) is 27.7 Å². The Balaban J connectivity index is 2.02. The van der Waals surface area contributed by atoms with Crippen molar-refractivity contribution in [3.05, 3.63) is 58.9 Å². The molecule has 0 saturated carbocycles. The van der Waals surface area contributed by atoms with Gasteiger partial charge in [-0.25, -0.2) is 17.6 Å². The van der Waals surface area contributed by atoms with Crippen LogP contribution in [0.5, 0.6) is 0 Å². The van der Waals surface area contributed by atoms with Crippen molar-refractivity contribution in [2.45, 2.75) is 11.0 Å². The van der Waals surface area contributed by atoms with Gasteiger partial charge >= 0.3 is 6.03 Å². The molecule has 2 aromatic rings. The van der Waals surface area contributed by atoms with Crippen LogP contribution in [0.3, 0.4) is 0 Å². The summed E-state index contributed by atoms with van der Waals surface area (Å²) in [6.45, 7) is -0.240. The molecule has 3 N–H and O–H groups in total. The minimum absolute atomic E-state index is 0.00130. The molecule has 0 aliphatic heterocycles. The van der Waals surface area contributed by atoms with Crippen LogP contribution in [0.2, 0.25) is 5.02 Å². The van der Waals surface area contributed by atoms with Crippen LogP contribution in [0.4, 0.5) is 14.9 Å². The second kappa shape index (κ2) is 7.81. The maximum atomic E-state index is 13.6. The molecular weight excluding hydrogens is 371 g/mol. The van der Waals surface area contributed by atoms with Gasteiger partial charge in [-0.05, 0) is 24.3 Å². The Labute approximate surface area is 149 Å². The average molecular weight is 387 g/mol. The largest absolute Gasteiger partial charge is 0.386 e. The molecule has 2 amide bonds. The molecule has 0 bridgehead atoms. The molecule has 0 heterocycles. The molecule has 0 aliphatic carbocycles. The van der Waals surface area contributed by atoms with E-state index in [1.807, 2.05) is 0 Å². The zero-order chi connectivity index (χ0) is 18.6. The van der Waals surface area contributed by atoms with E-state index in [1.54, 1.807) is 6.07 Å². The molecule has 6 nitrogen and oxygen atoms in total. The Morgan fingerprint density at radius 3 is 2.60 bits per heavy atom. The predicted molar refractivity (Wildman–Crippen MR) is 92.9 cm³/mol. The lowest BCUT2D eigenvalue weighted by molar-refractivity contribution is 0.170. The molecule has 1 atom stereocenters. The van der Waals surface area contributed by atoms with Crippen molar-refractivity contribution < 1.29 is 22.7 Å². The highest BCUT2D eigenvalue weighted by Crippen LogP contribution is 2.25. The molecule has 0 radical (unpaired) electrons. The van der Waals surface area contributed by atoms with Crippen LogP contribution in [-0.2, 0) is 9.84 Å². The summed E-state index contributed by atoms with van der Waals surface area (Å²) in [5, 5.41) is 14.8. The minimum Gasteiger partial charge on any atom is -0.386 e. The number of urea groups is 1. The summed E-state index contributed by atoms with van der Waals surface area (Å²) in [6, 6.07) is 8.85. The number of aliphatic hydroxyl groups excluding tert-OH is 1. The second-order valence-corrected chi connectivity index (χ2v) is 7.71. The van der Waals surface area contributed by atoms with Crippen LogP contribution in [0, 0.1) is 5.82 Å². The molecule has 2 aromatic carbocycles. The number of benzene rings is 2. The molecular formula is C16H16ClFN2O4S. The third kappa shape index (κ3) is 5.15. The number of carbonyl (C=O) groups excluding carboxylic acids is 1. The van der Waals surface area contributed by atoms with Crippen molar-refractivity contribution in [2.24, 2.45) is 0 Å². The molecule has 0 aliphatic rings. The summed E-state index contributed by atoms with van der Waals surface area (Å²) in [6.07, 6.45) is -0.199. The van der Waals surface area contributed by atoms with Crippen molar-refractivity contribution in [3.63, 3.8) is 0 Å².